The van der Waals surface area contributed by atoms with E-state index in [1.54, 1.807) is 4.90 Å². The van der Waals surface area contributed by atoms with E-state index in [0.717, 1.165) is 19.4 Å². The van der Waals surface area contributed by atoms with Crippen LogP contribution < -0.4 is 0 Å². The predicted molar refractivity (Wildman–Crippen MR) is 68.1 cm³/mol. The smallest absolute Gasteiger partial charge is 0.311 e. The lowest BCUT2D eigenvalue weighted by Gasteiger charge is -2.40. The Morgan fingerprint density at radius 1 is 1.39 bits per heavy atom. The van der Waals surface area contributed by atoms with Crippen molar-refractivity contribution >= 4 is 11.9 Å². The third-order valence-electron chi connectivity index (χ3n) is 4.27. The Morgan fingerprint density at radius 2 is 2.11 bits per heavy atom. The van der Waals surface area contributed by atoms with E-state index in [1.165, 1.54) is 12.8 Å². The van der Waals surface area contributed by atoms with Gasteiger partial charge in [-0.3, -0.25) is 9.59 Å². The molecule has 1 unspecified atom stereocenters. The van der Waals surface area contributed by atoms with E-state index in [1.807, 2.05) is 6.92 Å². The second-order valence-corrected chi connectivity index (χ2v) is 5.90. The summed E-state index contributed by atoms with van der Waals surface area (Å²) in [5.41, 5.74) is -0.688. The van der Waals surface area contributed by atoms with Crippen LogP contribution in [0.4, 0.5) is 0 Å². The lowest BCUT2D eigenvalue weighted by atomic mass is 9.76. The van der Waals surface area contributed by atoms with Gasteiger partial charge in [0.25, 0.3) is 0 Å². The molecule has 0 bridgehead atoms. The van der Waals surface area contributed by atoms with Gasteiger partial charge in [0.05, 0.1) is 5.41 Å². The van der Waals surface area contributed by atoms with E-state index in [9.17, 15) is 14.7 Å². The number of piperidine rings is 1. The van der Waals surface area contributed by atoms with Crippen molar-refractivity contribution in [2.75, 3.05) is 13.1 Å². The maximum atomic E-state index is 12.1. The molecule has 18 heavy (non-hydrogen) atoms. The molecule has 0 aromatic carbocycles. The lowest BCUT2D eigenvalue weighted by molar-refractivity contribution is -0.155. The van der Waals surface area contributed by atoms with Crippen molar-refractivity contribution < 1.29 is 14.7 Å². The topological polar surface area (TPSA) is 57.6 Å². The highest BCUT2D eigenvalue weighted by Gasteiger charge is 2.43. The molecule has 4 heteroatoms. The van der Waals surface area contributed by atoms with Gasteiger partial charge in [0.15, 0.2) is 0 Å². The molecular formula is C14H23NO3. The summed E-state index contributed by atoms with van der Waals surface area (Å²) in [6.07, 6.45) is 6.03. The van der Waals surface area contributed by atoms with Crippen molar-refractivity contribution in [3.8, 4) is 0 Å². The normalized spacial score (nSPS) is 28.2. The highest BCUT2D eigenvalue weighted by Crippen LogP contribution is 2.37. The Labute approximate surface area is 108 Å². The van der Waals surface area contributed by atoms with Gasteiger partial charge in [0.1, 0.15) is 0 Å². The molecule has 2 fully saturated rings. The molecule has 1 aliphatic heterocycles. The highest BCUT2D eigenvalue weighted by atomic mass is 16.4. The number of nitrogens with zero attached hydrogens (tertiary/aromatic N) is 1. The van der Waals surface area contributed by atoms with Gasteiger partial charge in [0.2, 0.25) is 5.91 Å². The summed E-state index contributed by atoms with van der Waals surface area (Å²) in [7, 11) is 0. The van der Waals surface area contributed by atoms with Gasteiger partial charge in [0, 0.05) is 19.5 Å². The number of carboxylic acids is 1. The van der Waals surface area contributed by atoms with Crippen LogP contribution in [0.5, 0.6) is 0 Å². The second kappa shape index (κ2) is 5.29. The standard InChI is InChI=1S/C14H23NO3/c1-2-6-14(13(17)18)7-3-8-15(10-14)12(16)9-11-4-5-11/h11H,2-10H2,1H3,(H,17,18). The van der Waals surface area contributed by atoms with Gasteiger partial charge in [-0.15, -0.1) is 0 Å². The number of carbonyl (C=O) groups is 2. The monoisotopic (exact) mass is 253 g/mol. The average molecular weight is 253 g/mol. The summed E-state index contributed by atoms with van der Waals surface area (Å²) in [6, 6.07) is 0. The molecule has 0 aromatic rings. The molecule has 0 spiro atoms. The maximum absolute atomic E-state index is 12.1. The highest BCUT2D eigenvalue weighted by molar-refractivity contribution is 5.80. The van der Waals surface area contributed by atoms with Crippen LogP contribution in [0.25, 0.3) is 0 Å². The lowest BCUT2D eigenvalue weighted by Crippen LogP contribution is -2.50. The van der Waals surface area contributed by atoms with Gasteiger partial charge in [-0.05, 0) is 38.0 Å². The van der Waals surface area contributed by atoms with E-state index in [2.05, 4.69) is 0 Å². The third kappa shape index (κ3) is 2.85. The SMILES string of the molecule is CCCC1(C(=O)O)CCCN(C(=O)CC2CC2)C1. The largest absolute Gasteiger partial charge is 0.481 e. The molecule has 1 amide bonds. The zero-order chi connectivity index (χ0) is 13.2. The molecule has 2 aliphatic rings. The summed E-state index contributed by atoms with van der Waals surface area (Å²) in [5.74, 6) is 0.0111. The first kappa shape index (κ1) is 13.4. The number of carbonyl (C=O) groups excluding carboxylic acids is 1. The van der Waals surface area contributed by atoms with Crippen LogP contribution in [-0.2, 0) is 9.59 Å². The summed E-state index contributed by atoms with van der Waals surface area (Å²) < 4.78 is 0. The van der Waals surface area contributed by atoms with Gasteiger partial charge in [-0.25, -0.2) is 0 Å². The predicted octanol–water partition coefficient (Wildman–Crippen LogP) is 2.28. The molecule has 1 atom stereocenters. The van der Waals surface area contributed by atoms with Crippen LogP contribution in [0.2, 0.25) is 0 Å². The molecular weight excluding hydrogens is 230 g/mol. The minimum atomic E-state index is -0.728. The average Bonchev–Trinajstić information content (AvgIpc) is 3.13. The first-order chi connectivity index (χ1) is 8.57. The first-order valence-corrected chi connectivity index (χ1v) is 7.08. The summed E-state index contributed by atoms with van der Waals surface area (Å²) >= 11 is 0. The van der Waals surface area contributed by atoms with Crippen molar-refractivity contribution in [3.05, 3.63) is 0 Å². The van der Waals surface area contributed by atoms with E-state index in [0.29, 0.717) is 31.7 Å². The van der Waals surface area contributed by atoms with Gasteiger partial charge in [-0.2, -0.15) is 0 Å². The summed E-state index contributed by atoms with van der Waals surface area (Å²) in [4.78, 5) is 25.4. The zero-order valence-corrected chi connectivity index (χ0v) is 11.2. The fourth-order valence-electron chi connectivity index (χ4n) is 3.01. The molecule has 1 aliphatic carbocycles. The fraction of sp³-hybridized carbons (Fsp3) is 0.857. The number of amides is 1. The van der Waals surface area contributed by atoms with Crippen molar-refractivity contribution in [3.63, 3.8) is 0 Å². The Kier molecular flexibility index (Phi) is 3.93. The molecule has 0 aromatic heterocycles. The molecule has 4 nitrogen and oxygen atoms in total. The van der Waals surface area contributed by atoms with Crippen LogP contribution in [0.3, 0.4) is 0 Å². The Bertz CT molecular complexity index is 334. The minimum absolute atomic E-state index is 0.166. The van der Waals surface area contributed by atoms with E-state index in [-0.39, 0.29) is 5.91 Å². The molecule has 1 saturated heterocycles. The van der Waals surface area contributed by atoms with E-state index in [4.69, 9.17) is 0 Å². The van der Waals surface area contributed by atoms with E-state index >= 15 is 0 Å². The Hall–Kier alpha value is -1.06. The zero-order valence-electron chi connectivity index (χ0n) is 11.2. The molecule has 102 valence electrons. The number of hydrogen-bond donors (Lipinski definition) is 1. The third-order valence-corrected chi connectivity index (χ3v) is 4.27. The quantitative estimate of drug-likeness (QED) is 0.817. The molecule has 1 saturated carbocycles. The molecule has 1 N–H and O–H groups in total. The van der Waals surface area contributed by atoms with Crippen molar-refractivity contribution in [2.24, 2.45) is 11.3 Å². The van der Waals surface area contributed by atoms with Crippen LogP contribution in [0.1, 0.15) is 51.9 Å². The van der Waals surface area contributed by atoms with Gasteiger partial charge in [-0.1, -0.05) is 13.3 Å². The second-order valence-electron chi connectivity index (χ2n) is 5.90. The molecule has 2 rings (SSSR count). The first-order valence-electron chi connectivity index (χ1n) is 7.08. The number of aliphatic carboxylic acids is 1. The Balaban J connectivity index is 2.00. The Morgan fingerprint density at radius 3 is 2.67 bits per heavy atom. The van der Waals surface area contributed by atoms with Crippen molar-refractivity contribution in [1.29, 1.82) is 0 Å². The number of rotatable bonds is 5. The molecule has 0 radical (unpaired) electrons. The molecule has 1 heterocycles. The number of carboxylic acid groups (broad SMARTS) is 1. The fourth-order valence-corrected chi connectivity index (χ4v) is 3.01. The summed E-state index contributed by atoms with van der Waals surface area (Å²) in [6.45, 7) is 3.17. The minimum Gasteiger partial charge on any atom is -0.481 e. The maximum Gasteiger partial charge on any atom is 0.311 e. The van der Waals surface area contributed by atoms with Crippen LogP contribution in [-0.4, -0.2) is 35.0 Å². The number of likely N-dealkylation sites (tertiary alicyclic amines) is 1. The van der Waals surface area contributed by atoms with E-state index < -0.39 is 11.4 Å². The van der Waals surface area contributed by atoms with Crippen LogP contribution in [0, 0.1) is 11.3 Å². The van der Waals surface area contributed by atoms with Gasteiger partial charge < -0.3 is 10.0 Å². The van der Waals surface area contributed by atoms with Gasteiger partial charge >= 0.3 is 5.97 Å². The summed E-state index contributed by atoms with van der Waals surface area (Å²) in [5, 5.41) is 9.48. The van der Waals surface area contributed by atoms with Crippen LogP contribution >= 0.6 is 0 Å². The van der Waals surface area contributed by atoms with Crippen LogP contribution in [0.15, 0.2) is 0 Å². The van der Waals surface area contributed by atoms with Crippen molar-refractivity contribution in [1.82, 2.24) is 4.90 Å². The van der Waals surface area contributed by atoms with Crippen molar-refractivity contribution in [2.45, 2.75) is 51.9 Å². The number of hydrogen-bond acceptors (Lipinski definition) is 2.